The van der Waals surface area contributed by atoms with Crippen molar-refractivity contribution in [3.63, 3.8) is 0 Å². The SMILES string of the molecule is CC(C)(C)OC(=O)N1CCc2cc(C(=O)CO)ccc2C1. The fourth-order valence-corrected chi connectivity index (χ4v) is 2.30. The summed E-state index contributed by atoms with van der Waals surface area (Å²) in [5.41, 5.74) is 2.08. The number of fused-ring (bicyclic) bond motifs is 1. The fourth-order valence-electron chi connectivity index (χ4n) is 2.30. The summed E-state index contributed by atoms with van der Waals surface area (Å²) in [5, 5.41) is 8.90. The molecule has 0 saturated carbocycles. The van der Waals surface area contributed by atoms with E-state index in [2.05, 4.69) is 0 Å². The van der Waals surface area contributed by atoms with Crippen LogP contribution in [-0.4, -0.2) is 40.6 Å². The average Bonchev–Trinajstić information content (AvgIpc) is 2.43. The lowest BCUT2D eigenvalue weighted by Gasteiger charge is -2.31. The molecule has 0 saturated heterocycles. The highest BCUT2D eigenvalue weighted by atomic mass is 16.6. The van der Waals surface area contributed by atoms with Crippen LogP contribution in [0.25, 0.3) is 0 Å². The second-order valence-corrected chi connectivity index (χ2v) is 6.22. The molecule has 0 aromatic heterocycles. The minimum Gasteiger partial charge on any atom is -0.444 e. The number of rotatable bonds is 2. The lowest BCUT2D eigenvalue weighted by molar-refractivity contribution is 0.0224. The standard InChI is InChI=1S/C16H21NO4/c1-16(2,3)21-15(20)17-7-6-11-8-12(14(19)10-18)4-5-13(11)9-17/h4-5,8,18H,6-7,9-10H2,1-3H3. The van der Waals surface area contributed by atoms with Crippen molar-refractivity contribution >= 4 is 11.9 Å². The van der Waals surface area contributed by atoms with E-state index in [1.807, 2.05) is 26.8 Å². The zero-order valence-corrected chi connectivity index (χ0v) is 12.7. The van der Waals surface area contributed by atoms with E-state index in [1.165, 1.54) is 0 Å². The first-order chi connectivity index (χ1) is 9.80. The summed E-state index contributed by atoms with van der Waals surface area (Å²) < 4.78 is 5.37. The molecule has 0 spiro atoms. The molecule has 0 aliphatic carbocycles. The smallest absolute Gasteiger partial charge is 0.410 e. The third-order valence-electron chi connectivity index (χ3n) is 3.34. The summed E-state index contributed by atoms with van der Waals surface area (Å²) in [6, 6.07) is 5.34. The number of amides is 1. The van der Waals surface area contributed by atoms with E-state index in [1.54, 1.807) is 17.0 Å². The number of Topliss-reactive ketones (excluding diaryl/α,β-unsaturated/α-hetero) is 1. The minimum absolute atomic E-state index is 0.285. The molecule has 0 atom stereocenters. The van der Waals surface area contributed by atoms with Crippen LogP contribution in [0.1, 0.15) is 42.3 Å². The fraction of sp³-hybridized carbons (Fsp3) is 0.500. The van der Waals surface area contributed by atoms with Gasteiger partial charge in [0.05, 0.1) is 0 Å². The molecule has 1 aromatic carbocycles. The van der Waals surface area contributed by atoms with Crippen LogP contribution >= 0.6 is 0 Å². The molecule has 1 aliphatic heterocycles. The molecule has 0 fully saturated rings. The first-order valence-corrected chi connectivity index (χ1v) is 7.04. The minimum atomic E-state index is -0.505. The van der Waals surface area contributed by atoms with Crippen LogP contribution in [0, 0.1) is 0 Å². The molecule has 114 valence electrons. The summed E-state index contributed by atoms with van der Waals surface area (Å²) in [6.07, 6.45) is 0.366. The van der Waals surface area contributed by atoms with Crippen molar-refractivity contribution in [3.05, 3.63) is 34.9 Å². The van der Waals surface area contributed by atoms with E-state index in [4.69, 9.17) is 9.84 Å². The van der Waals surface area contributed by atoms with Gasteiger partial charge in [-0.3, -0.25) is 4.79 Å². The van der Waals surface area contributed by atoms with Gasteiger partial charge in [0.15, 0.2) is 5.78 Å². The molecule has 0 radical (unpaired) electrons. The van der Waals surface area contributed by atoms with Crippen molar-refractivity contribution in [3.8, 4) is 0 Å². The first kappa shape index (κ1) is 15.5. The summed E-state index contributed by atoms with van der Waals surface area (Å²) in [7, 11) is 0. The average molecular weight is 291 g/mol. The molecule has 2 rings (SSSR count). The Morgan fingerprint density at radius 3 is 2.62 bits per heavy atom. The molecule has 1 amide bonds. The van der Waals surface area contributed by atoms with E-state index in [0.29, 0.717) is 25.1 Å². The molecule has 21 heavy (non-hydrogen) atoms. The summed E-state index contributed by atoms with van der Waals surface area (Å²) in [5.74, 6) is -0.285. The van der Waals surface area contributed by atoms with Gasteiger partial charge in [0.25, 0.3) is 0 Å². The van der Waals surface area contributed by atoms with E-state index >= 15 is 0 Å². The van der Waals surface area contributed by atoms with Crippen molar-refractivity contribution in [2.45, 2.75) is 39.3 Å². The van der Waals surface area contributed by atoms with Gasteiger partial charge in [-0.25, -0.2) is 4.79 Å². The normalized spacial score (nSPS) is 14.6. The topological polar surface area (TPSA) is 66.8 Å². The molecular formula is C16H21NO4. The number of carbonyl (C=O) groups is 2. The number of nitrogens with zero attached hydrogens (tertiary/aromatic N) is 1. The maximum Gasteiger partial charge on any atom is 0.410 e. The number of aliphatic hydroxyl groups excluding tert-OH is 1. The maximum atomic E-state index is 12.1. The van der Waals surface area contributed by atoms with Crippen LogP contribution < -0.4 is 0 Å². The van der Waals surface area contributed by atoms with Crippen LogP contribution in [0.4, 0.5) is 4.79 Å². The second-order valence-electron chi connectivity index (χ2n) is 6.22. The first-order valence-electron chi connectivity index (χ1n) is 7.04. The van der Waals surface area contributed by atoms with Gasteiger partial charge in [-0.2, -0.15) is 0 Å². The molecule has 1 aromatic rings. The molecule has 1 aliphatic rings. The summed E-state index contributed by atoms with van der Waals surface area (Å²) in [6.45, 7) is 6.10. The van der Waals surface area contributed by atoms with Crippen LogP contribution in [0.5, 0.6) is 0 Å². The lowest BCUT2D eigenvalue weighted by atomic mass is 9.96. The van der Waals surface area contributed by atoms with Gasteiger partial charge in [0, 0.05) is 18.7 Å². The van der Waals surface area contributed by atoms with Crippen molar-refractivity contribution in [1.82, 2.24) is 4.90 Å². The van der Waals surface area contributed by atoms with Crippen LogP contribution in [0.3, 0.4) is 0 Å². The number of hydrogen-bond donors (Lipinski definition) is 1. The maximum absolute atomic E-state index is 12.1. The zero-order valence-electron chi connectivity index (χ0n) is 12.7. The largest absolute Gasteiger partial charge is 0.444 e. The Kier molecular flexibility index (Phi) is 4.32. The van der Waals surface area contributed by atoms with E-state index < -0.39 is 12.2 Å². The molecule has 0 unspecified atom stereocenters. The van der Waals surface area contributed by atoms with Gasteiger partial charge in [0.2, 0.25) is 0 Å². The van der Waals surface area contributed by atoms with Gasteiger partial charge < -0.3 is 14.7 Å². The molecule has 1 N–H and O–H groups in total. The van der Waals surface area contributed by atoms with E-state index in [-0.39, 0.29) is 11.9 Å². The molecule has 5 heteroatoms. The Balaban J connectivity index is 2.11. The van der Waals surface area contributed by atoms with Crippen molar-refractivity contribution < 1.29 is 19.4 Å². The third kappa shape index (κ3) is 3.82. The van der Waals surface area contributed by atoms with Gasteiger partial charge in [-0.1, -0.05) is 12.1 Å². The van der Waals surface area contributed by atoms with E-state index in [9.17, 15) is 9.59 Å². The Bertz CT molecular complexity index is 560. The highest BCUT2D eigenvalue weighted by molar-refractivity contribution is 5.97. The second kappa shape index (κ2) is 5.85. The van der Waals surface area contributed by atoms with Crippen LogP contribution in [0.2, 0.25) is 0 Å². The zero-order chi connectivity index (χ0) is 15.6. The Labute approximate surface area is 124 Å². The number of aliphatic hydroxyl groups is 1. The van der Waals surface area contributed by atoms with Crippen molar-refractivity contribution in [1.29, 1.82) is 0 Å². The van der Waals surface area contributed by atoms with Gasteiger partial charge in [-0.05, 0) is 44.4 Å². The number of ketones is 1. The quantitative estimate of drug-likeness (QED) is 0.848. The van der Waals surface area contributed by atoms with Crippen molar-refractivity contribution in [2.75, 3.05) is 13.2 Å². The van der Waals surface area contributed by atoms with Crippen LogP contribution in [-0.2, 0) is 17.7 Å². The van der Waals surface area contributed by atoms with E-state index in [0.717, 1.165) is 11.1 Å². The van der Waals surface area contributed by atoms with Gasteiger partial charge in [-0.15, -0.1) is 0 Å². The monoisotopic (exact) mass is 291 g/mol. The Morgan fingerprint density at radius 2 is 2.00 bits per heavy atom. The molecule has 0 bridgehead atoms. The molecule has 5 nitrogen and oxygen atoms in total. The summed E-state index contributed by atoms with van der Waals surface area (Å²) in [4.78, 5) is 25.2. The third-order valence-corrected chi connectivity index (χ3v) is 3.34. The number of ether oxygens (including phenoxy) is 1. The van der Waals surface area contributed by atoms with Crippen LogP contribution in [0.15, 0.2) is 18.2 Å². The lowest BCUT2D eigenvalue weighted by Crippen LogP contribution is -2.39. The van der Waals surface area contributed by atoms with Gasteiger partial charge >= 0.3 is 6.09 Å². The predicted octanol–water partition coefficient (Wildman–Crippen LogP) is 2.15. The highest BCUT2D eigenvalue weighted by Gasteiger charge is 2.25. The number of benzene rings is 1. The number of carbonyl (C=O) groups excluding carboxylic acids is 2. The molecule has 1 heterocycles. The highest BCUT2D eigenvalue weighted by Crippen LogP contribution is 2.22. The Morgan fingerprint density at radius 1 is 1.29 bits per heavy atom. The summed E-state index contributed by atoms with van der Waals surface area (Å²) >= 11 is 0. The van der Waals surface area contributed by atoms with Crippen molar-refractivity contribution in [2.24, 2.45) is 0 Å². The predicted molar refractivity (Wildman–Crippen MR) is 78.2 cm³/mol. The number of hydrogen-bond acceptors (Lipinski definition) is 4. The van der Waals surface area contributed by atoms with Gasteiger partial charge in [0.1, 0.15) is 12.2 Å². The Hall–Kier alpha value is -1.88. The molecular weight excluding hydrogens is 270 g/mol.